The molecule has 1 aromatic carbocycles. The first-order valence-corrected chi connectivity index (χ1v) is 9.83. The van der Waals surface area contributed by atoms with Gasteiger partial charge in [0.05, 0.1) is 11.2 Å². The van der Waals surface area contributed by atoms with Gasteiger partial charge in [0.15, 0.2) is 4.96 Å². The molecule has 0 amide bonds. The standard InChI is InChI=1S/C19H20N6OS/c1-12-7-13(8-14-10-23(2)22-18(12)14)15-9-16(26)25-11-17(27-19(25)21-15)24-5-3-20-4-6-24/h7-11,20H,3-6H2,1-2H3. The Bertz CT molecular complexity index is 1210. The van der Waals surface area contributed by atoms with Crippen molar-refractivity contribution in [2.45, 2.75) is 6.92 Å². The number of fused-ring (bicyclic) bond motifs is 2. The topological polar surface area (TPSA) is 67.5 Å². The predicted molar refractivity (Wildman–Crippen MR) is 109 cm³/mol. The third-order valence-electron chi connectivity index (χ3n) is 4.99. The molecule has 3 aromatic heterocycles. The predicted octanol–water partition coefficient (Wildman–Crippen LogP) is 2.03. The number of aromatic nitrogens is 4. The molecule has 0 radical (unpaired) electrons. The quantitative estimate of drug-likeness (QED) is 0.576. The molecule has 0 unspecified atom stereocenters. The van der Waals surface area contributed by atoms with Gasteiger partial charge in [0.25, 0.3) is 5.56 Å². The second-order valence-electron chi connectivity index (χ2n) is 6.97. The minimum Gasteiger partial charge on any atom is -0.360 e. The summed E-state index contributed by atoms with van der Waals surface area (Å²) in [5.74, 6) is 0. The van der Waals surface area contributed by atoms with Crippen molar-refractivity contribution >= 4 is 32.2 Å². The Morgan fingerprint density at radius 2 is 1.96 bits per heavy atom. The van der Waals surface area contributed by atoms with Crippen LogP contribution in [0.25, 0.3) is 27.1 Å². The number of nitrogens with zero attached hydrogens (tertiary/aromatic N) is 5. The number of hydrogen-bond donors (Lipinski definition) is 1. The van der Waals surface area contributed by atoms with Gasteiger partial charge in [0.1, 0.15) is 5.00 Å². The summed E-state index contributed by atoms with van der Waals surface area (Å²) < 4.78 is 3.47. The third-order valence-corrected chi connectivity index (χ3v) is 6.04. The van der Waals surface area contributed by atoms with Gasteiger partial charge in [0.2, 0.25) is 0 Å². The van der Waals surface area contributed by atoms with Crippen molar-refractivity contribution in [3.8, 4) is 11.3 Å². The molecule has 4 heterocycles. The van der Waals surface area contributed by atoms with Gasteiger partial charge in [-0.1, -0.05) is 11.3 Å². The van der Waals surface area contributed by atoms with Crippen LogP contribution in [-0.4, -0.2) is 45.3 Å². The van der Waals surface area contributed by atoms with Crippen molar-refractivity contribution < 1.29 is 0 Å². The summed E-state index contributed by atoms with van der Waals surface area (Å²) in [5, 5.41) is 10.00. The normalized spacial score (nSPS) is 15.1. The number of rotatable bonds is 2. The molecule has 1 aliphatic rings. The van der Waals surface area contributed by atoms with E-state index in [1.165, 1.54) is 0 Å². The van der Waals surface area contributed by atoms with Gasteiger partial charge in [-0.05, 0) is 24.6 Å². The van der Waals surface area contributed by atoms with Gasteiger partial charge < -0.3 is 10.2 Å². The lowest BCUT2D eigenvalue weighted by Gasteiger charge is -2.27. The summed E-state index contributed by atoms with van der Waals surface area (Å²) >= 11 is 1.57. The Hall–Kier alpha value is -2.71. The van der Waals surface area contributed by atoms with Crippen LogP contribution in [0.2, 0.25) is 0 Å². The number of benzene rings is 1. The summed E-state index contributed by atoms with van der Waals surface area (Å²) in [5.41, 5.74) is 3.68. The van der Waals surface area contributed by atoms with Crippen molar-refractivity contribution in [2.75, 3.05) is 31.1 Å². The van der Waals surface area contributed by atoms with Crippen LogP contribution < -0.4 is 15.8 Å². The van der Waals surface area contributed by atoms with Gasteiger partial charge in [-0.3, -0.25) is 13.9 Å². The number of anilines is 1. The molecule has 1 N–H and O–H groups in total. The van der Waals surface area contributed by atoms with Crippen molar-refractivity contribution in [1.82, 2.24) is 24.5 Å². The summed E-state index contributed by atoms with van der Waals surface area (Å²) in [6.45, 7) is 5.87. The van der Waals surface area contributed by atoms with Gasteiger partial charge in [-0.2, -0.15) is 5.10 Å². The molecule has 138 valence electrons. The maximum absolute atomic E-state index is 12.7. The van der Waals surface area contributed by atoms with Gasteiger partial charge >= 0.3 is 0 Å². The average molecular weight is 380 g/mol. The number of thiazole rings is 1. The molecule has 0 atom stereocenters. The molecule has 0 aliphatic carbocycles. The van der Waals surface area contributed by atoms with Gasteiger partial charge in [-0.15, -0.1) is 0 Å². The van der Waals surface area contributed by atoms with Crippen molar-refractivity contribution in [3.63, 3.8) is 0 Å². The van der Waals surface area contributed by atoms with Gasteiger partial charge in [0, 0.05) is 62.6 Å². The Kier molecular flexibility index (Phi) is 3.76. The van der Waals surface area contributed by atoms with Crippen LogP contribution >= 0.6 is 11.3 Å². The molecule has 1 fully saturated rings. The summed E-state index contributed by atoms with van der Waals surface area (Å²) in [6.07, 6.45) is 3.91. The molecule has 27 heavy (non-hydrogen) atoms. The molecule has 1 aliphatic heterocycles. The van der Waals surface area contributed by atoms with E-state index in [1.807, 2.05) is 31.0 Å². The molecule has 4 aromatic rings. The molecule has 0 saturated carbocycles. The highest BCUT2D eigenvalue weighted by molar-refractivity contribution is 7.20. The Labute approximate surface area is 159 Å². The highest BCUT2D eigenvalue weighted by atomic mass is 32.1. The van der Waals surface area contributed by atoms with Crippen LogP contribution in [0.4, 0.5) is 5.00 Å². The molecular weight excluding hydrogens is 360 g/mol. The van der Waals surface area contributed by atoms with E-state index in [1.54, 1.807) is 21.8 Å². The fourth-order valence-electron chi connectivity index (χ4n) is 3.65. The SMILES string of the molecule is Cc1cc(-c2cc(=O)n3cc(N4CCNCC4)sc3n2)cc2cn(C)nc12. The van der Waals surface area contributed by atoms with E-state index in [-0.39, 0.29) is 5.56 Å². The monoisotopic (exact) mass is 380 g/mol. The highest BCUT2D eigenvalue weighted by Gasteiger charge is 2.16. The lowest BCUT2D eigenvalue weighted by atomic mass is 10.1. The number of piperazine rings is 1. The van der Waals surface area contributed by atoms with Crippen molar-refractivity contribution in [2.24, 2.45) is 7.05 Å². The first-order chi connectivity index (χ1) is 13.1. The lowest BCUT2D eigenvalue weighted by molar-refractivity contribution is 0.591. The average Bonchev–Trinajstić information content (AvgIpc) is 3.26. The van der Waals surface area contributed by atoms with E-state index in [0.29, 0.717) is 5.69 Å². The van der Waals surface area contributed by atoms with Crippen LogP contribution in [0, 0.1) is 6.92 Å². The molecule has 8 heteroatoms. The first-order valence-electron chi connectivity index (χ1n) is 9.02. The van der Waals surface area contributed by atoms with Crippen LogP contribution in [0.3, 0.4) is 0 Å². The molecule has 0 spiro atoms. The zero-order valence-electron chi connectivity index (χ0n) is 15.3. The van der Waals surface area contributed by atoms with Crippen LogP contribution in [0.1, 0.15) is 5.56 Å². The van der Waals surface area contributed by atoms with E-state index < -0.39 is 0 Å². The maximum Gasteiger partial charge on any atom is 0.259 e. The summed E-state index contributed by atoms with van der Waals surface area (Å²) in [6, 6.07) is 5.73. The summed E-state index contributed by atoms with van der Waals surface area (Å²) in [7, 11) is 1.92. The molecule has 1 saturated heterocycles. The Balaban J connectivity index is 1.62. The largest absolute Gasteiger partial charge is 0.360 e. The second-order valence-corrected chi connectivity index (χ2v) is 7.96. The van der Waals surface area contributed by atoms with E-state index in [4.69, 9.17) is 4.98 Å². The van der Waals surface area contributed by atoms with Crippen LogP contribution in [0.15, 0.2) is 35.4 Å². The third kappa shape index (κ3) is 2.81. The Morgan fingerprint density at radius 3 is 2.78 bits per heavy atom. The van der Waals surface area contributed by atoms with Crippen molar-refractivity contribution in [3.05, 3.63) is 46.5 Å². The van der Waals surface area contributed by atoms with E-state index in [2.05, 4.69) is 27.4 Å². The van der Waals surface area contributed by atoms with E-state index in [0.717, 1.165) is 58.2 Å². The fraction of sp³-hybridized carbons (Fsp3) is 0.316. The highest BCUT2D eigenvalue weighted by Crippen LogP contribution is 2.29. The van der Waals surface area contributed by atoms with Crippen molar-refractivity contribution in [1.29, 1.82) is 0 Å². The molecular formula is C19H20N6OS. The first kappa shape index (κ1) is 16.5. The molecule has 5 rings (SSSR count). The van der Waals surface area contributed by atoms with E-state index >= 15 is 0 Å². The zero-order valence-corrected chi connectivity index (χ0v) is 16.1. The maximum atomic E-state index is 12.7. The molecule has 7 nitrogen and oxygen atoms in total. The number of nitrogens with one attached hydrogen (secondary N) is 1. The molecule has 0 bridgehead atoms. The number of aryl methyl sites for hydroxylation is 2. The number of hydrogen-bond acceptors (Lipinski definition) is 6. The van der Waals surface area contributed by atoms with Gasteiger partial charge in [-0.25, -0.2) is 4.98 Å². The lowest BCUT2D eigenvalue weighted by Crippen LogP contribution is -2.43. The Morgan fingerprint density at radius 1 is 1.15 bits per heavy atom. The minimum atomic E-state index is -0.0448. The minimum absolute atomic E-state index is 0.0448. The van der Waals surface area contributed by atoms with E-state index in [9.17, 15) is 4.79 Å². The summed E-state index contributed by atoms with van der Waals surface area (Å²) in [4.78, 5) is 20.5. The zero-order chi connectivity index (χ0) is 18.5. The fourth-order valence-corrected chi connectivity index (χ4v) is 4.69. The smallest absolute Gasteiger partial charge is 0.259 e. The van der Waals surface area contributed by atoms with Crippen LogP contribution in [-0.2, 0) is 7.05 Å². The second kappa shape index (κ2) is 6.17. The van der Waals surface area contributed by atoms with Crippen LogP contribution in [0.5, 0.6) is 0 Å².